The third kappa shape index (κ3) is 8.37. The Balaban J connectivity index is 0.624. The summed E-state index contributed by atoms with van der Waals surface area (Å²) < 4.78 is 1.62. The van der Waals surface area contributed by atoms with Crippen LogP contribution in [0.2, 0.25) is 0 Å². The van der Waals surface area contributed by atoms with Gasteiger partial charge in [0.2, 0.25) is 5.95 Å². The summed E-state index contributed by atoms with van der Waals surface area (Å²) in [7, 11) is 1.85. The zero-order valence-electron chi connectivity index (χ0n) is 38.8. The number of Topliss-reactive ketones (excluding diaryl/α,β-unsaturated/α-hetero) is 2. The highest BCUT2D eigenvalue weighted by atomic mass is 16.2. The van der Waals surface area contributed by atoms with Gasteiger partial charge in [-0.3, -0.25) is 38.8 Å². The van der Waals surface area contributed by atoms with Crippen LogP contribution in [0.4, 0.5) is 23.1 Å². The molecule has 0 spiro atoms. The number of carbonyl (C=O) groups excluding carboxylic acids is 5. The summed E-state index contributed by atoms with van der Waals surface area (Å²) in [6.45, 7) is 13.0. The molecule has 1 N–H and O–H groups in total. The lowest BCUT2D eigenvalue weighted by molar-refractivity contribution is -0.132. The summed E-state index contributed by atoms with van der Waals surface area (Å²) in [6, 6.07) is 14.8. The van der Waals surface area contributed by atoms with Gasteiger partial charge in [0.1, 0.15) is 11.6 Å². The molecule has 6 aliphatic heterocycles. The van der Waals surface area contributed by atoms with Crippen molar-refractivity contribution in [2.75, 3.05) is 92.5 Å². The zero-order chi connectivity index (χ0) is 46.6. The summed E-state index contributed by atoms with van der Waals surface area (Å²) in [4.78, 5) is 87.2. The van der Waals surface area contributed by atoms with Crippen LogP contribution in [0.3, 0.4) is 0 Å². The van der Waals surface area contributed by atoms with Gasteiger partial charge in [-0.15, -0.1) is 0 Å². The van der Waals surface area contributed by atoms with Crippen LogP contribution < -0.4 is 20.0 Å². The third-order valence-electron chi connectivity index (χ3n) is 15.5. The van der Waals surface area contributed by atoms with Crippen molar-refractivity contribution in [3.05, 3.63) is 93.8 Å². The van der Waals surface area contributed by atoms with Gasteiger partial charge in [0.05, 0.1) is 48.0 Å². The van der Waals surface area contributed by atoms with E-state index in [-0.39, 0.29) is 36.7 Å². The number of fused-ring (bicyclic) bond motifs is 3. The Bertz CT molecular complexity index is 2760. The molecule has 0 bridgehead atoms. The minimum absolute atomic E-state index is 0.132. The summed E-state index contributed by atoms with van der Waals surface area (Å²) in [5.74, 6) is 1.38. The normalized spacial score (nSPS) is 22.0. The Kier molecular flexibility index (Phi) is 11.7. The van der Waals surface area contributed by atoms with Gasteiger partial charge in [-0.2, -0.15) is 0 Å². The maximum absolute atomic E-state index is 13.5. The Labute approximate surface area is 395 Å². The van der Waals surface area contributed by atoms with E-state index in [1.54, 1.807) is 10.7 Å². The van der Waals surface area contributed by atoms with Crippen molar-refractivity contribution in [2.45, 2.75) is 71.0 Å². The molecule has 3 saturated heterocycles. The number of ketones is 2. The van der Waals surface area contributed by atoms with Gasteiger partial charge in [0.15, 0.2) is 5.78 Å². The molecular formula is C50H57N13O5. The van der Waals surface area contributed by atoms with Crippen LogP contribution in [-0.2, 0) is 27.5 Å². The number of pyridine rings is 1. The maximum Gasteiger partial charge on any atom is 0.262 e. The first-order valence-corrected chi connectivity index (χ1v) is 24.2. The van der Waals surface area contributed by atoms with Crippen LogP contribution in [0, 0.1) is 11.8 Å². The van der Waals surface area contributed by atoms with Gasteiger partial charge in [0, 0.05) is 100 Å². The van der Waals surface area contributed by atoms with Crippen LogP contribution in [0.1, 0.15) is 89.3 Å². The van der Waals surface area contributed by atoms with Gasteiger partial charge >= 0.3 is 0 Å². The fourth-order valence-corrected chi connectivity index (χ4v) is 11.3. The predicted octanol–water partition coefficient (Wildman–Crippen LogP) is 3.82. The number of aromatic nitrogens is 5. The smallest absolute Gasteiger partial charge is 0.262 e. The predicted molar refractivity (Wildman–Crippen MR) is 255 cm³/mol. The lowest BCUT2D eigenvalue weighted by Gasteiger charge is -2.41. The van der Waals surface area contributed by atoms with E-state index in [0.717, 1.165) is 123 Å². The van der Waals surface area contributed by atoms with E-state index in [9.17, 15) is 24.0 Å². The van der Waals surface area contributed by atoms with E-state index < -0.39 is 17.9 Å². The van der Waals surface area contributed by atoms with Crippen LogP contribution in [0.25, 0.3) is 0 Å². The molecule has 2 aromatic carbocycles. The molecule has 2 aromatic heterocycles. The third-order valence-corrected chi connectivity index (χ3v) is 15.5. The first kappa shape index (κ1) is 43.9. The van der Waals surface area contributed by atoms with E-state index in [1.165, 1.54) is 12.8 Å². The molecule has 68 heavy (non-hydrogen) atoms. The molecule has 0 radical (unpaired) electrons. The maximum atomic E-state index is 13.5. The Hall–Kier alpha value is -6.66. The van der Waals surface area contributed by atoms with Crippen LogP contribution in [-0.4, -0.2) is 153 Å². The SMILES string of the molecule is CC1=C(C(=O)Nc2ccc3c(c2)C(c2ccnc(N4CCN(CC5CCN(CC6CCN(c7ccc8c(c7)C(=O)N(C7CCC(=O)CC7=O)C8=O)CC6)CC5)CC4)c2)=NC3)Cn2nnnc2N1C. The van der Waals surface area contributed by atoms with Gasteiger partial charge in [-0.25, -0.2) is 9.67 Å². The van der Waals surface area contributed by atoms with E-state index in [2.05, 4.69) is 46.5 Å². The first-order chi connectivity index (χ1) is 33.0. The average Bonchev–Trinajstić information content (AvgIpc) is 4.07. The molecule has 7 aliphatic rings. The van der Waals surface area contributed by atoms with Gasteiger partial charge < -0.3 is 24.9 Å². The standard InChI is InChI=1S/C50H57N13O5/c1-31-42(30-62-50(57(31)2)54-55-56-62)47(66)53-36-4-3-35-27-52-46(40(35)24-36)34-9-14-51-45(23-34)61-21-19-59(20-22-61)29-32-10-15-58(16-11-32)28-33-12-17-60(18-13-33)37-5-7-39-41(25-37)49(68)63(48(39)67)43-8-6-38(64)26-44(43)65/h3-5,7,9,14,23-25,32-33,43H,6,8,10-13,15-22,26-30H2,1-2H3,(H,53,66). The second-order valence-corrected chi connectivity index (χ2v) is 19.6. The van der Waals surface area contributed by atoms with Crippen LogP contribution >= 0.6 is 0 Å². The first-order valence-electron chi connectivity index (χ1n) is 24.2. The highest BCUT2D eigenvalue weighted by Gasteiger charge is 2.45. The molecule has 1 aliphatic carbocycles. The summed E-state index contributed by atoms with van der Waals surface area (Å²) in [5, 5.41) is 15.0. The van der Waals surface area contributed by atoms with Gasteiger partial charge in [-0.1, -0.05) is 11.2 Å². The quantitative estimate of drug-likeness (QED) is 0.179. The molecule has 11 rings (SSSR count). The lowest BCUT2D eigenvalue weighted by atomic mass is 9.92. The number of carbonyl (C=O) groups is 5. The van der Waals surface area contributed by atoms with Crippen molar-refractivity contribution in [2.24, 2.45) is 16.8 Å². The molecule has 4 fully saturated rings. The number of tetrazole rings is 1. The fourth-order valence-electron chi connectivity index (χ4n) is 11.3. The summed E-state index contributed by atoms with van der Waals surface area (Å²) in [5.41, 5.74) is 7.85. The Morgan fingerprint density at radius 1 is 0.765 bits per heavy atom. The number of benzene rings is 2. The van der Waals surface area contributed by atoms with Crippen molar-refractivity contribution in [1.82, 2.24) is 39.9 Å². The number of hydrogen-bond acceptors (Lipinski definition) is 15. The monoisotopic (exact) mass is 919 g/mol. The number of anilines is 4. The number of rotatable bonds is 10. The highest BCUT2D eigenvalue weighted by molar-refractivity contribution is 6.24. The number of piperazine rings is 1. The number of likely N-dealkylation sites (tertiary alicyclic amines) is 1. The molecule has 1 atom stereocenters. The summed E-state index contributed by atoms with van der Waals surface area (Å²) >= 11 is 0. The minimum Gasteiger partial charge on any atom is -0.371 e. The van der Waals surface area contributed by atoms with E-state index >= 15 is 0 Å². The van der Waals surface area contributed by atoms with Crippen molar-refractivity contribution in [3.63, 3.8) is 0 Å². The molecule has 1 saturated carbocycles. The van der Waals surface area contributed by atoms with Gasteiger partial charge in [0.25, 0.3) is 17.7 Å². The molecule has 18 heteroatoms. The highest BCUT2D eigenvalue weighted by Crippen LogP contribution is 2.34. The number of nitrogens with zero attached hydrogens (tertiary/aromatic N) is 12. The topological polar surface area (TPSA) is 186 Å². The second-order valence-electron chi connectivity index (χ2n) is 19.6. The average molecular weight is 920 g/mol. The van der Waals surface area contributed by atoms with Crippen molar-refractivity contribution in [1.29, 1.82) is 0 Å². The molecule has 8 heterocycles. The molecule has 352 valence electrons. The number of aliphatic imine (C=N–C) groups is 1. The van der Waals surface area contributed by atoms with Crippen molar-refractivity contribution < 1.29 is 24.0 Å². The van der Waals surface area contributed by atoms with E-state index in [0.29, 0.717) is 53.3 Å². The molecule has 1 unspecified atom stereocenters. The van der Waals surface area contributed by atoms with Crippen LogP contribution in [0.5, 0.6) is 0 Å². The lowest BCUT2D eigenvalue weighted by Crippen LogP contribution is -2.49. The van der Waals surface area contributed by atoms with Crippen molar-refractivity contribution in [3.8, 4) is 0 Å². The number of piperidine rings is 2. The van der Waals surface area contributed by atoms with Crippen molar-refractivity contribution >= 4 is 58.1 Å². The number of imide groups is 1. The number of allylic oxidation sites excluding steroid dienone is 1. The zero-order valence-corrected chi connectivity index (χ0v) is 38.8. The Morgan fingerprint density at radius 3 is 2.26 bits per heavy atom. The van der Waals surface area contributed by atoms with Crippen LogP contribution in [0.15, 0.2) is 71.0 Å². The molecule has 18 nitrogen and oxygen atoms in total. The number of hydrogen-bond donors (Lipinski definition) is 1. The fraction of sp³-hybridized carbons (Fsp3) is 0.480. The number of amides is 3. The second kappa shape index (κ2) is 18.1. The van der Waals surface area contributed by atoms with Gasteiger partial charge in [-0.05, 0) is 122 Å². The largest absolute Gasteiger partial charge is 0.371 e. The van der Waals surface area contributed by atoms with E-state index in [1.807, 2.05) is 61.5 Å². The molecule has 4 aromatic rings. The Morgan fingerprint density at radius 2 is 1.50 bits per heavy atom. The molecule has 3 amide bonds. The van der Waals surface area contributed by atoms with E-state index in [4.69, 9.17) is 9.98 Å². The molecular weight excluding hydrogens is 863 g/mol. The summed E-state index contributed by atoms with van der Waals surface area (Å²) in [6.07, 6.45) is 6.68. The minimum atomic E-state index is -0.850. The number of nitrogens with one attached hydrogen (secondary N) is 1.